The van der Waals surface area contributed by atoms with Gasteiger partial charge in [0.05, 0.1) is 5.75 Å². The van der Waals surface area contributed by atoms with Crippen molar-refractivity contribution in [3.63, 3.8) is 0 Å². The molecule has 0 fully saturated rings. The summed E-state index contributed by atoms with van der Waals surface area (Å²) < 4.78 is 1.93. The van der Waals surface area contributed by atoms with Crippen LogP contribution in [0.2, 0.25) is 0 Å². The zero-order chi connectivity index (χ0) is 17.1. The average molecular weight is 344 g/mol. The van der Waals surface area contributed by atoms with Crippen LogP contribution in [0.3, 0.4) is 0 Å². The summed E-state index contributed by atoms with van der Waals surface area (Å²) in [4.78, 5) is 20.9. The van der Waals surface area contributed by atoms with Gasteiger partial charge in [-0.05, 0) is 24.6 Å². The van der Waals surface area contributed by atoms with Gasteiger partial charge < -0.3 is 9.47 Å². The van der Waals surface area contributed by atoms with Crippen LogP contribution < -0.4 is 0 Å². The van der Waals surface area contributed by atoms with E-state index in [1.165, 1.54) is 22.9 Å². The van der Waals surface area contributed by atoms with Crippen LogP contribution in [0.15, 0.2) is 41.8 Å². The minimum atomic E-state index is 0.148. The van der Waals surface area contributed by atoms with Crippen LogP contribution in [0, 0.1) is 0 Å². The molecule has 1 aliphatic heterocycles. The Labute approximate surface area is 147 Å². The minimum absolute atomic E-state index is 0.148. The molecule has 1 aliphatic rings. The third kappa shape index (κ3) is 3.82. The lowest BCUT2D eigenvalue weighted by molar-refractivity contribution is -0.127. The molecule has 2 heterocycles. The molecule has 1 unspecified atom stereocenters. The predicted molar refractivity (Wildman–Crippen MR) is 97.0 cm³/mol. The summed E-state index contributed by atoms with van der Waals surface area (Å²) in [7, 11) is 5.98. The quantitative estimate of drug-likeness (QED) is 0.778. The maximum atomic E-state index is 12.4. The normalized spacial score (nSPS) is 17.5. The second kappa shape index (κ2) is 7.40. The maximum Gasteiger partial charge on any atom is 0.232 e. The van der Waals surface area contributed by atoms with E-state index in [-0.39, 0.29) is 5.91 Å². The van der Waals surface area contributed by atoms with E-state index < -0.39 is 0 Å². The highest BCUT2D eigenvalue weighted by Gasteiger charge is 2.25. The highest BCUT2D eigenvalue weighted by Crippen LogP contribution is 2.22. The Kier molecular flexibility index (Phi) is 5.26. The zero-order valence-corrected chi connectivity index (χ0v) is 15.3. The van der Waals surface area contributed by atoms with Crippen LogP contribution >= 0.6 is 11.8 Å². The van der Waals surface area contributed by atoms with Crippen molar-refractivity contribution in [2.24, 2.45) is 7.05 Å². The largest absolute Gasteiger partial charge is 0.343 e. The van der Waals surface area contributed by atoms with E-state index >= 15 is 0 Å². The molecule has 3 rings (SSSR count). The van der Waals surface area contributed by atoms with Gasteiger partial charge in [0.15, 0.2) is 5.16 Å². The topological polar surface area (TPSA) is 41.4 Å². The Morgan fingerprint density at radius 2 is 2.08 bits per heavy atom. The fourth-order valence-electron chi connectivity index (χ4n) is 3.07. The molecule has 1 aromatic carbocycles. The molecule has 0 bridgehead atoms. The third-order valence-electron chi connectivity index (χ3n) is 4.63. The number of imidazole rings is 1. The number of fused-ring (bicyclic) bond motifs is 1. The van der Waals surface area contributed by atoms with E-state index in [0.29, 0.717) is 11.8 Å². The van der Waals surface area contributed by atoms with E-state index in [0.717, 1.165) is 24.7 Å². The van der Waals surface area contributed by atoms with Gasteiger partial charge in [-0.1, -0.05) is 36.0 Å². The number of nitrogens with zero attached hydrogens (tertiary/aromatic N) is 4. The molecule has 1 aromatic heterocycles. The summed E-state index contributed by atoms with van der Waals surface area (Å²) in [5.74, 6) is 0.573. The molecular weight excluding hydrogens is 320 g/mol. The van der Waals surface area contributed by atoms with Gasteiger partial charge in [-0.2, -0.15) is 0 Å². The summed E-state index contributed by atoms with van der Waals surface area (Å²) in [5.41, 5.74) is 2.81. The molecule has 1 amide bonds. The van der Waals surface area contributed by atoms with E-state index in [1.54, 1.807) is 6.20 Å². The maximum absolute atomic E-state index is 12.4. The molecule has 6 heteroatoms. The van der Waals surface area contributed by atoms with Crippen LogP contribution in [-0.4, -0.2) is 57.7 Å². The standard InChI is InChI=1S/C18H24N4OS/c1-20-9-8-19-18(20)24-13-17(23)22(3)12-16-10-14-6-4-5-7-15(14)11-21(16)2/h4-9,16H,10-13H2,1-3H3. The molecular formula is C18H24N4OS. The van der Waals surface area contributed by atoms with Crippen LogP contribution in [0.1, 0.15) is 11.1 Å². The average Bonchev–Trinajstić information content (AvgIpc) is 2.98. The van der Waals surface area contributed by atoms with Crippen molar-refractivity contribution in [2.75, 3.05) is 26.4 Å². The second-order valence-electron chi connectivity index (χ2n) is 6.43. The number of aryl methyl sites for hydroxylation is 1. The number of aromatic nitrogens is 2. The van der Waals surface area contributed by atoms with Crippen molar-refractivity contribution in [1.82, 2.24) is 19.4 Å². The highest BCUT2D eigenvalue weighted by atomic mass is 32.2. The summed E-state index contributed by atoms with van der Waals surface area (Å²) >= 11 is 1.49. The second-order valence-corrected chi connectivity index (χ2v) is 7.37. The first-order valence-electron chi connectivity index (χ1n) is 8.15. The molecule has 0 N–H and O–H groups in total. The van der Waals surface area contributed by atoms with Gasteiger partial charge in [-0.3, -0.25) is 9.69 Å². The smallest absolute Gasteiger partial charge is 0.232 e. The molecule has 2 aromatic rings. The minimum Gasteiger partial charge on any atom is -0.343 e. The fourth-order valence-corrected chi connectivity index (χ4v) is 3.94. The van der Waals surface area contributed by atoms with E-state index in [4.69, 9.17) is 0 Å². The number of amides is 1. The fraction of sp³-hybridized carbons (Fsp3) is 0.444. The zero-order valence-electron chi connectivity index (χ0n) is 14.5. The monoisotopic (exact) mass is 344 g/mol. The van der Waals surface area contributed by atoms with Crippen LogP contribution in [-0.2, 0) is 24.8 Å². The Morgan fingerprint density at radius 3 is 2.79 bits per heavy atom. The number of thioether (sulfide) groups is 1. The summed E-state index contributed by atoms with van der Waals surface area (Å²) in [6, 6.07) is 8.96. The molecule has 5 nitrogen and oxygen atoms in total. The Morgan fingerprint density at radius 1 is 1.33 bits per heavy atom. The molecule has 0 saturated heterocycles. The number of hydrogen-bond donors (Lipinski definition) is 0. The summed E-state index contributed by atoms with van der Waals surface area (Å²) in [6.45, 7) is 1.70. The van der Waals surface area contributed by atoms with Gasteiger partial charge in [0.1, 0.15) is 0 Å². The van der Waals surface area contributed by atoms with Crippen LogP contribution in [0.5, 0.6) is 0 Å². The van der Waals surface area contributed by atoms with E-state index in [2.05, 4.69) is 41.2 Å². The van der Waals surface area contributed by atoms with Crippen molar-refractivity contribution in [3.8, 4) is 0 Å². The number of carbonyl (C=O) groups excluding carboxylic acids is 1. The molecule has 0 radical (unpaired) electrons. The predicted octanol–water partition coefficient (Wildman–Crippen LogP) is 2.03. The van der Waals surface area contributed by atoms with Gasteiger partial charge >= 0.3 is 0 Å². The lowest BCUT2D eigenvalue weighted by atomic mass is 9.94. The van der Waals surface area contributed by atoms with Crippen molar-refractivity contribution in [1.29, 1.82) is 0 Å². The highest BCUT2D eigenvalue weighted by molar-refractivity contribution is 7.99. The Hall–Kier alpha value is -1.79. The molecule has 0 saturated carbocycles. The van der Waals surface area contributed by atoms with Crippen molar-refractivity contribution < 1.29 is 4.79 Å². The molecule has 0 aliphatic carbocycles. The number of likely N-dealkylation sites (N-methyl/N-ethyl adjacent to an activating group) is 2. The van der Waals surface area contributed by atoms with E-state index in [1.807, 2.05) is 29.8 Å². The van der Waals surface area contributed by atoms with Crippen LogP contribution in [0.25, 0.3) is 0 Å². The van der Waals surface area contributed by atoms with Gasteiger partial charge in [0, 0.05) is 45.6 Å². The number of benzene rings is 1. The van der Waals surface area contributed by atoms with Crippen molar-refractivity contribution in [2.45, 2.75) is 24.2 Å². The van der Waals surface area contributed by atoms with Crippen molar-refractivity contribution in [3.05, 3.63) is 47.8 Å². The first kappa shape index (κ1) is 17.0. The molecule has 0 spiro atoms. The number of rotatable bonds is 5. The lowest BCUT2D eigenvalue weighted by Crippen LogP contribution is -2.46. The van der Waals surface area contributed by atoms with Gasteiger partial charge in [-0.15, -0.1) is 0 Å². The molecule has 1 atom stereocenters. The van der Waals surface area contributed by atoms with E-state index in [9.17, 15) is 4.79 Å². The van der Waals surface area contributed by atoms with Gasteiger partial charge in [0.25, 0.3) is 0 Å². The first-order chi connectivity index (χ1) is 11.5. The van der Waals surface area contributed by atoms with Crippen LogP contribution in [0.4, 0.5) is 0 Å². The Bertz CT molecular complexity index is 715. The Balaban J connectivity index is 1.55. The SMILES string of the molecule is CN(CC1Cc2ccccc2CN1C)C(=O)CSc1nccn1C. The summed E-state index contributed by atoms with van der Waals surface area (Å²) in [6.07, 6.45) is 4.65. The third-order valence-corrected chi connectivity index (χ3v) is 5.67. The lowest BCUT2D eigenvalue weighted by Gasteiger charge is -2.36. The van der Waals surface area contributed by atoms with Gasteiger partial charge in [0.2, 0.25) is 5.91 Å². The first-order valence-corrected chi connectivity index (χ1v) is 9.14. The van der Waals surface area contributed by atoms with Crippen molar-refractivity contribution >= 4 is 17.7 Å². The molecule has 128 valence electrons. The summed E-state index contributed by atoms with van der Waals surface area (Å²) in [5, 5.41) is 0.875. The number of hydrogen-bond acceptors (Lipinski definition) is 4. The molecule has 24 heavy (non-hydrogen) atoms. The van der Waals surface area contributed by atoms with Gasteiger partial charge in [-0.25, -0.2) is 4.98 Å². The number of carbonyl (C=O) groups is 1.